The van der Waals surface area contributed by atoms with Gasteiger partial charge in [0.15, 0.2) is 5.16 Å². The molecule has 4 aromatic rings. The summed E-state index contributed by atoms with van der Waals surface area (Å²) in [7, 11) is 0. The largest absolute Gasteiger partial charge is 0.416 e. The molecule has 8 heteroatoms. The minimum atomic E-state index is -4.39. The molecule has 2 heterocycles. The highest BCUT2D eigenvalue weighted by Gasteiger charge is 2.30. The first-order chi connectivity index (χ1) is 15.7. The number of rotatable bonds is 6. The Morgan fingerprint density at radius 3 is 2.45 bits per heavy atom. The third-order valence-electron chi connectivity index (χ3n) is 5.52. The van der Waals surface area contributed by atoms with Crippen molar-refractivity contribution in [3.05, 3.63) is 91.6 Å². The molecule has 33 heavy (non-hydrogen) atoms. The highest BCUT2D eigenvalue weighted by atomic mass is 32.2. The van der Waals surface area contributed by atoms with Gasteiger partial charge < -0.3 is 0 Å². The zero-order valence-electron chi connectivity index (χ0n) is 18.5. The lowest BCUT2D eigenvalue weighted by Gasteiger charge is -2.13. The summed E-state index contributed by atoms with van der Waals surface area (Å²) in [5, 5.41) is 1.14. The molecule has 0 spiro atoms. The van der Waals surface area contributed by atoms with E-state index in [0.29, 0.717) is 27.5 Å². The van der Waals surface area contributed by atoms with E-state index in [-0.39, 0.29) is 11.3 Å². The van der Waals surface area contributed by atoms with Gasteiger partial charge in [0.05, 0.1) is 17.5 Å². The Labute approximate surface area is 198 Å². The second kappa shape index (κ2) is 9.35. The first kappa shape index (κ1) is 23.6. The standard InChI is InChI=1S/C25H23F3N2OS2/c1-4-20-16(3)21-22(33-20)29-24(30(23(21)31)13-17-10-8-15(2)9-11-17)32-14-18-6-5-7-19(12-18)25(26,27)28/h5-12H,4,13-14H2,1-3H3. The average Bonchev–Trinajstić information content (AvgIpc) is 3.11. The fourth-order valence-electron chi connectivity index (χ4n) is 3.69. The average molecular weight is 489 g/mol. The summed E-state index contributed by atoms with van der Waals surface area (Å²) < 4.78 is 41.0. The summed E-state index contributed by atoms with van der Waals surface area (Å²) in [4.78, 5) is 20.1. The summed E-state index contributed by atoms with van der Waals surface area (Å²) in [5.74, 6) is 0.279. The number of aromatic nitrogens is 2. The SMILES string of the molecule is CCc1sc2nc(SCc3cccc(C(F)(F)F)c3)n(Cc3ccc(C)cc3)c(=O)c2c1C. The molecule has 0 saturated heterocycles. The van der Waals surface area contributed by atoms with E-state index in [1.807, 2.05) is 45.0 Å². The van der Waals surface area contributed by atoms with Gasteiger partial charge in [-0.2, -0.15) is 13.2 Å². The Kier molecular flexibility index (Phi) is 6.68. The number of thioether (sulfide) groups is 1. The van der Waals surface area contributed by atoms with E-state index in [1.165, 1.54) is 29.2 Å². The molecule has 4 rings (SSSR count). The Morgan fingerprint density at radius 1 is 1.06 bits per heavy atom. The molecule has 0 N–H and O–H groups in total. The number of fused-ring (bicyclic) bond motifs is 1. The van der Waals surface area contributed by atoms with Gasteiger partial charge in [0, 0.05) is 10.6 Å². The maximum atomic E-state index is 13.5. The third kappa shape index (κ3) is 5.01. The number of nitrogens with zero attached hydrogens (tertiary/aromatic N) is 2. The van der Waals surface area contributed by atoms with Crippen molar-refractivity contribution in [2.75, 3.05) is 0 Å². The van der Waals surface area contributed by atoms with E-state index >= 15 is 0 Å². The summed E-state index contributed by atoms with van der Waals surface area (Å²) >= 11 is 2.79. The summed E-state index contributed by atoms with van der Waals surface area (Å²) in [5.41, 5.74) is 2.79. The summed E-state index contributed by atoms with van der Waals surface area (Å²) in [6, 6.07) is 13.2. The summed E-state index contributed by atoms with van der Waals surface area (Å²) in [6.07, 6.45) is -3.58. The lowest BCUT2D eigenvalue weighted by molar-refractivity contribution is -0.137. The van der Waals surface area contributed by atoms with Crippen molar-refractivity contribution < 1.29 is 13.2 Å². The molecule has 3 nitrogen and oxygen atoms in total. The Balaban J connectivity index is 1.75. The van der Waals surface area contributed by atoms with E-state index in [9.17, 15) is 18.0 Å². The summed E-state index contributed by atoms with van der Waals surface area (Å²) in [6.45, 7) is 6.35. The lowest BCUT2D eigenvalue weighted by atomic mass is 10.1. The van der Waals surface area contributed by atoms with Crippen molar-refractivity contribution in [1.82, 2.24) is 9.55 Å². The van der Waals surface area contributed by atoms with Crippen LogP contribution in [0.1, 0.15) is 39.6 Å². The number of benzene rings is 2. The van der Waals surface area contributed by atoms with Crippen LogP contribution in [-0.4, -0.2) is 9.55 Å². The van der Waals surface area contributed by atoms with Crippen molar-refractivity contribution in [2.24, 2.45) is 0 Å². The van der Waals surface area contributed by atoms with E-state index in [0.717, 1.165) is 40.1 Å². The maximum Gasteiger partial charge on any atom is 0.416 e. The Morgan fingerprint density at radius 2 is 1.79 bits per heavy atom. The minimum absolute atomic E-state index is 0.111. The number of alkyl halides is 3. The third-order valence-corrected chi connectivity index (χ3v) is 7.90. The van der Waals surface area contributed by atoms with Gasteiger partial charge in [-0.15, -0.1) is 11.3 Å². The van der Waals surface area contributed by atoms with Crippen LogP contribution in [0.25, 0.3) is 10.2 Å². The molecule has 0 fully saturated rings. The van der Waals surface area contributed by atoms with E-state index in [1.54, 1.807) is 10.6 Å². The molecule has 0 radical (unpaired) electrons. The highest BCUT2D eigenvalue weighted by molar-refractivity contribution is 7.98. The fraction of sp³-hybridized carbons (Fsp3) is 0.280. The van der Waals surface area contributed by atoms with E-state index < -0.39 is 11.7 Å². The molecule has 0 aliphatic rings. The maximum absolute atomic E-state index is 13.5. The van der Waals surface area contributed by atoms with Gasteiger partial charge in [-0.1, -0.05) is 66.7 Å². The first-order valence-corrected chi connectivity index (χ1v) is 12.3. The normalized spacial score (nSPS) is 11.9. The molecule has 0 saturated carbocycles. The number of hydrogen-bond acceptors (Lipinski definition) is 4. The van der Waals surface area contributed by atoms with Gasteiger partial charge in [0.25, 0.3) is 5.56 Å². The van der Waals surface area contributed by atoms with Crippen LogP contribution in [0.2, 0.25) is 0 Å². The fourth-order valence-corrected chi connectivity index (χ4v) is 5.79. The van der Waals surface area contributed by atoms with Gasteiger partial charge in [-0.25, -0.2) is 4.98 Å². The predicted octanol–water partition coefficient (Wildman–Crippen LogP) is 7.00. The van der Waals surface area contributed by atoms with Crippen molar-refractivity contribution in [3.8, 4) is 0 Å². The highest BCUT2D eigenvalue weighted by Crippen LogP contribution is 2.33. The van der Waals surface area contributed by atoms with E-state index in [4.69, 9.17) is 4.98 Å². The van der Waals surface area contributed by atoms with Crippen molar-refractivity contribution in [1.29, 1.82) is 0 Å². The molecular formula is C25H23F3N2OS2. The monoisotopic (exact) mass is 488 g/mol. The number of aryl methyl sites for hydroxylation is 3. The molecule has 0 bridgehead atoms. The molecule has 172 valence electrons. The zero-order valence-corrected chi connectivity index (χ0v) is 20.1. The van der Waals surface area contributed by atoms with Crippen LogP contribution in [0.5, 0.6) is 0 Å². The predicted molar refractivity (Wildman–Crippen MR) is 129 cm³/mol. The van der Waals surface area contributed by atoms with Gasteiger partial charge in [-0.05, 0) is 43.0 Å². The van der Waals surface area contributed by atoms with Crippen LogP contribution in [-0.2, 0) is 24.9 Å². The van der Waals surface area contributed by atoms with Crippen molar-refractivity contribution in [3.63, 3.8) is 0 Å². The smallest absolute Gasteiger partial charge is 0.283 e. The number of halogens is 3. The molecule has 0 aliphatic heterocycles. The second-order valence-corrected chi connectivity index (χ2v) is 9.97. The van der Waals surface area contributed by atoms with Crippen LogP contribution in [0.3, 0.4) is 0 Å². The number of hydrogen-bond donors (Lipinski definition) is 0. The molecule has 2 aromatic heterocycles. The second-order valence-electron chi connectivity index (χ2n) is 7.94. The molecule has 0 aliphatic carbocycles. The molecule has 0 amide bonds. The van der Waals surface area contributed by atoms with Crippen LogP contribution in [0.15, 0.2) is 58.5 Å². The zero-order chi connectivity index (χ0) is 23.8. The first-order valence-electron chi connectivity index (χ1n) is 10.5. The number of thiophene rings is 1. The minimum Gasteiger partial charge on any atom is -0.283 e. The Bertz CT molecular complexity index is 1360. The van der Waals surface area contributed by atoms with Crippen LogP contribution in [0.4, 0.5) is 13.2 Å². The molecular weight excluding hydrogens is 465 g/mol. The van der Waals surface area contributed by atoms with Gasteiger partial charge in [-0.3, -0.25) is 9.36 Å². The van der Waals surface area contributed by atoms with Crippen molar-refractivity contribution in [2.45, 2.75) is 50.8 Å². The van der Waals surface area contributed by atoms with Crippen LogP contribution >= 0.6 is 23.1 Å². The van der Waals surface area contributed by atoms with Gasteiger partial charge in [0.1, 0.15) is 4.83 Å². The van der Waals surface area contributed by atoms with Crippen LogP contribution < -0.4 is 5.56 Å². The Hall–Kier alpha value is -2.58. The quantitative estimate of drug-likeness (QED) is 0.217. The topological polar surface area (TPSA) is 34.9 Å². The van der Waals surface area contributed by atoms with Crippen molar-refractivity contribution >= 4 is 33.3 Å². The molecule has 0 unspecified atom stereocenters. The van der Waals surface area contributed by atoms with Gasteiger partial charge in [0.2, 0.25) is 0 Å². The molecule has 2 aromatic carbocycles. The van der Waals surface area contributed by atoms with Gasteiger partial charge >= 0.3 is 6.18 Å². The van der Waals surface area contributed by atoms with E-state index in [2.05, 4.69) is 0 Å². The van der Waals surface area contributed by atoms with Crippen LogP contribution in [0, 0.1) is 13.8 Å². The lowest BCUT2D eigenvalue weighted by Crippen LogP contribution is -2.24. The molecule has 0 atom stereocenters.